The number of hydrogen-bond donors (Lipinski definition) is 1. The molecule has 0 saturated carbocycles. The van der Waals surface area contributed by atoms with Crippen LogP contribution < -0.4 is 5.32 Å². The van der Waals surface area contributed by atoms with Gasteiger partial charge in [-0.2, -0.15) is 5.26 Å². The van der Waals surface area contributed by atoms with Crippen LogP contribution in [0.15, 0.2) is 41.0 Å². The lowest BCUT2D eigenvalue weighted by Gasteiger charge is -2.09. The summed E-state index contributed by atoms with van der Waals surface area (Å²) in [5.41, 5.74) is 1.51. The molecule has 0 saturated heterocycles. The molecule has 0 unspecified atom stereocenters. The van der Waals surface area contributed by atoms with Gasteiger partial charge in [0.05, 0.1) is 11.8 Å². The highest BCUT2D eigenvalue weighted by molar-refractivity contribution is 6.03. The van der Waals surface area contributed by atoms with Crippen molar-refractivity contribution in [3.63, 3.8) is 0 Å². The molecule has 0 aliphatic carbocycles. The van der Waals surface area contributed by atoms with Crippen LogP contribution in [0, 0.1) is 18.3 Å². The number of ether oxygens (including phenoxy) is 1. The van der Waals surface area contributed by atoms with Crippen molar-refractivity contribution >= 4 is 17.6 Å². The molecule has 1 heterocycles. The molecule has 0 fully saturated rings. The van der Waals surface area contributed by atoms with E-state index in [-0.39, 0.29) is 17.9 Å². The van der Waals surface area contributed by atoms with Crippen LogP contribution in [0.5, 0.6) is 0 Å². The number of carbonyl (C=O) groups is 2. The number of carbonyl (C=O) groups excluding carboxylic acids is 2. The maximum atomic E-state index is 11.9. The number of esters is 1. The summed E-state index contributed by atoms with van der Waals surface area (Å²) in [7, 11) is 0. The smallest absolute Gasteiger partial charge is 0.339 e. The number of hydrogen-bond acceptors (Lipinski definition) is 5. The van der Waals surface area contributed by atoms with Crippen LogP contribution in [-0.2, 0) is 4.74 Å². The van der Waals surface area contributed by atoms with Crippen molar-refractivity contribution in [2.45, 2.75) is 6.92 Å². The van der Waals surface area contributed by atoms with Crippen LogP contribution in [0.3, 0.4) is 0 Å². The monoisotopic (exact) mass is 284 g/mol. The van der Waals surface area contributed by atoms with Crippen molar-refractivity contribution in [2.75, 3.05) is 11.9 Å². The largest absolute Gasteiger partial charge is 0.459 e. The van der Waals surface area contributed by atoms with Gasteiger partial charge in [-0.1, -0.05) is 6.07 Å². The van der Waals surface area contributed by atoms with Gasteiger partial charge in [-0.3, -0.25) is 4.79 Å². The van der Waals surface area contributed by atoms with Crippen LogP contribution in [0.4, 0.5) is 5.69 Å². The lowest BCUT2D eigenvalue weighted by Crippen LogP contribution is -2.13. The fraction of sp³-hybridized carbons (Fsp3) is 0.133. The summed E-state index contributed by atoms with van der Waals surface area (Å²) in [6.45, 7) is 1.48. The van der Waals surface area contributed by atoms with Gasteiger partial charge in [0.15, 0.2) is 12.4 Å². The predicted molar refractivity (Wildman–Crippen MR) is 73.7 cm³/mol. The summed E-state index contributed by atoms with van der Waals surface area (Å²) < 4.78 is 9.72. The van der Waals surface area contributed by atoms with E-state index in [1.54, 1.807) is 31.2 Å². The van der Waals surface area contributed by atoms with Gasteiger partial charge in [0.1, 0.15) is 6.07 Å². The van der Waals surface area contributed by atoms with E-state index >= 15 is 0 Å². The minimum absolute atomic E-state index is 0.173. The van der Waals surface area contributed by atoms with Crippen LogP contribution in [0.2, 0.25) is 0 Å². The molecule has 0 bridgehead atoms. The third kappa shape index (κ3) is 3.48. The van der Waals surface area contributed by atoms with E-state index in [1.165, 1.54) is 18.4 Å². The lowest BCUT2D eigenvalue weighted by molar-refractivity contribution is 0.0555. The van der Waals surface area contributed by atoms with Crippen LogP contribution >= 0.6 is 0 Å². The molecule has 21 heavy (non-hydrogen) atoms. The fourth-order valence-corrected chi connectivity index (χ4v) is 1.66. The molecule has 0 aliphatic heterocycles. The predicted octanol–water partition coefficient (Wildman–Crippen LogP) is 2.52. The van der Waals surface area contributed by atoms with Gasteiger partial charge in [-0.25, -0.2) is 4.79 Å². The molecule has 6 heteroatoms. The van der Waals surface area contributed by atoms with Crippen molar-refractivity contribution < 1.29 is 18.7 Å². The molecule has 0 atom stereocenters. The first-order valence-electron chi connectivity index (χ1n) is 6.11. The average molecular weight is 284 g/mol. The van der Waals surface area contributed by atoms with Gasteiger partial charge >= 0.3 is 5.97 Å². The van der Waals surface area contributed by atoms with Gasteiger partial charge in [0, 0.05) is 5.69 Å². The van der Waals surface area contributed by atoms with Crippen molar-refractivity contribution in [1.29, 1.82) is 5.26 Å². The summed E-state index contributed by atoms with van der Waals surface area (Å²) >= 11 is 0. The van der Waals surface area contributed by atoms with E-state index in [2.05, 4.69) is 5.32 Å². The Bertz CT molecular complexity index is 699. The standard InChI is InChI=1S/C15H12N2O4/c1-10-4-5-11(15(19)21-8-6-16)9-12(10)17-14(18)13-3-2-7-20-13/h2-5,7,9H,8H2,1H3,(H,17,18). The molecule has 6 nitrogen and oxygen atoms in total. The molecular weight excluding hydrogens is 272 g/mol. The number of rotatable bonds is 4. The zero-order valence-corrected chi connectivity index (χ0v) is 11.3. The summed E-state index contributed by atoms with van der Waals surface area (Å²) in [6, 6.07) is 9.61. The van der Waals surface area contributed by atoms with E-state index in [1.807, 2.05) is 0 Å². The van der Waals surface area contributed by atoms with E-state index in [0.717, 1.165) is 5.56 Å². The fourth-order valence-electron chi connectivity index (χ4n) is 1.66. The molecule has 1 N–H and O–H groups in total. The van der Waals surface area contributed by atoms with Crippen LogP contribution in [0.1, 0.15) is 26.5 Å². The van der Waals surface area contributed by atoms with Crippen molar-refractivity contribution in [3.05, 3.63) is 53.5 Å². The Hall–Kier alpha value is -3.07. The molecule has 1 amide bonds. The molecule has 0 radical (unpaired) electrons. The summed E-state index contributed by atoms with van der Waals surface area (Å²) in [6.07, 6.45) is 1.40. The van der Waals surface area contributed by atoms with Gasteiger partial charge < -0.3 is 14.5 Å². The Labute approximate surface area is 120 Å². The number of benzene rings is 1. The third-order valence-electron chi connectivity index (χ3n) is 2.73. The quantitative estimate of drug-likeness (QED) is 0.871. The third-order valence-corrected chi connectivity index (χ3v) is 2.73. The summed E-state index contributed by atoms with van der Waals surface area (Å²) in [5.74, 6) is -0.859. The highest BCUT2D eigenvalue weighted by Crippen LogP contribution is 2.18. The Kier molecular flexibility index (Phi) is 4.36. The molecule has 0 spiro atoms. The number of nitriles is 1. The first-order valence-corrected chi connectivity index (χ1v) is 6.11. The molecule has 1 aromatic heterocycles. The average Bonchev–Trinajstić information content (AvgIpc) is 3.01. The van der Waals surface area contributed by atoms with Gasteiger partial charge in [0.25, 0.3) is 5.91 Å². The SMILES string of the molecule is Cc1ccc(C(=O)OCC#N)cc1NC(=O)c1ccco1. The highest BCUT2D eigenvalue weighted by atomic mass is 16.5. The maximum Gasteiger partial charge on any atom is 0.339 e. The van der Waals surface area contributed by atoms with E-state index in [4.69, 9.17) is 14.4 Å². The highest BCUT2D eigenvalue weighted by Gasteiger charge is 2.13. The first-order chi connectivity index (χ1) is 10.1. The topological polar surface area (TPSA) is 92.3 Å². The second kappa shape index (κ2) is 6.39. The van der Waals surface area contributed by atoms with Crippen molar-refractivity contribution in [2.24, 2.45) is 0 Å². The number of amides is 1. The van der Waals surface area contributed by atoms with E-state index < -0.39 is 11.9 Å². The van der Waals surface area contributed by atoms with Gasteiger partial charge in [0.2, 0.25) is 0 Å². The van der Waals surface area contributed by atoms with E-state index in [0.29, 0.717) is 5.69 Å². The Morgan fingerprint density at radius 3 is 2.86 bits per heavy atom. The number of aryl methyl sites for hydroxylation is 1. The molecule has 2 aromatic rings. The van der Waals surface area contributed by atoms with Crippen LogP contribution in [-0.4, -0.2) is 18.5 Å². The molecular formula is C15H12N2O4. The second-order valence-corrected chi connectivity index (χ2v) is 4.20. The minimum Gasteiger partial charge on any atom is -0.459 e. The van der Waals surface area contributed by atoms with Crippen molar-refractivity contribution in [3.8, 4) is 6.07 Å². The maximum absolute atomic E-state index is 11.9. The molecule has 1 aromatic carbocycles. The lowest BCUT2D eigenvalue weighted by atomic mass is 10.1. The minimum atomic E-state index is -0.620. The van der Waals surface area contributed by atoms with E-state index in [9.17, 15) is 9.59 Å². The van der Waals surface area contributed by atoms with Crippen molar-refractivity contribution in [1.82, 2.24) is 0 Å². The summed E-state index contributed by atoms with van der Waals surface area (Å²) in [5, 5.41) is 11.0. The number of anilines is 1. The molecule has 2 rings (SSSR count). The number of nitrogens with zero attached hydrogens (tertiary/aromatic N) is 1. The summed E-state index contributed by atoms with van der Waals surface area (Å²) in [4.78, 5) is 23.6. The Morgan fingerprint density at radius 1 is 1.38 bits per heavy atom. The second-order valence-electron chi connectivity index (χ2n) is 4.20. The molecule has 106 valence electrons. The normalized spacial score (nSPS) is 9.71. The molecule has 0 aliphatic rings. The Morgan fingerprint density at radius 2 is 2.19 bits per heavy atom. The number of nitrogens with one attached hydrogen (secondary N) is 1. The Balaban J connectivity index is 2.18. The zero-order valence-electron chi connectivity index (χ0n) is 11.3. The zero-order chi connectivity index (χ0) is 15.2. The number of furan rings is 1. The van der Waals surface area contributed by atoms with Crippen LogP contribution in [0.25, 0.3) is 0 Å². The van der Waals surface area contributed by atoms with Gasteiger partial charge in [-0.15, -0.1) is 0 Å². The first kappa shape index (κ1) is 14.3. The van der Waals surface area contributed by atoms with Gasteiger partial charge in [-0.05, 0) is 36.8 Å².